The number of amides is 1. The van der Waals surface area contributed by atoms with Crippen LogP contribution in [0.5, 0.6) is 5.75 Å². The maximum atomic E-state index is 12.9. The second-order valence-electron chi connectivity index (χ2n) is 6.84. The zero-order chi connectivity index (χ0) is 17.4. The summed E-state index contributed by atoms with van der Waals surface area (Å²) in [6.07, 6.45) is 4.74. The van der Waals surface area contributed by atoms with Gasteiger partial charge in [-0.1, -0.05) is 18.6 Å². The van der Waals surface area contributed by atoms with Gasteiger partial charge >= 0.3 is 0 Å². The number of hydrogen-bond acceptors (Lipinski definition) is 5. The summed E-state index contributed by atoms with van der Waals surface area (Å²) < 4.78 is 10.8. The van der Waals surface area contributed by atoms with E-state index in [-0.39, 0.29) is 11.9 Å². The maximum absolute atomic E-state index is 12.9. The Bertz CT molecular complexity index is 768. The largest absolute Gasteiger partial charge is 0.497 e. The Hall–Kier alpha value is -2.34. The zero-order valence-electron chi connectivity index (χ0n) is 14.2. The molecular formula is C19H22N2O4. The molecule has 1 aromatic carbocycles. The molecule has 1 aromatic heterocycles. The fourth-order valence-corrected chi connectivity index (χ4v) is 3.58. The van der Waals surface area contributed by atoms with E-state index in [1.54, 1.807) is 12.0 Å². The average Bonchev–Trinajstić information content (AvgIpc) is 3.20. The van der Waals surface area contributed by atoms with Gasteiger partial charge in [-0.2, -0.15) is 0 Å². The van der Waals surface area contributed by atoms with E-state index in [1.807, 2.05) is 24.3 Å². The lowest BCUT2D eigenvalue weighted by Crippen LogP contribution is -2.32. The number of hydrogen-bond donors (Lipinski definition) is 1. The van der Waals surface area contributed by atoms with Crippen LogP contribution in [0, 0.1) is 0 Å². The molecule has 1 N–H and O–H groups in total. The van der Waals surface area contributed by atoms with Gasteiger partial charge in [0.15, 0.2) is 11.6 Å². The van der Waals surface area contributed by atoms with Gasteiger partial charge < -0.3 is 19.2 Å². The Morgan fingerprint density at radius 3 is 2.96 bits per heavy atom. The second-order valence-corrected chi connectivity index (χ2v) is 6.84. The third-order valence-electron chi connectivity index (χ3n) is 5.21. The minimum atomic E-state index is -0.543. The van der Waals surface area contributed by atoms with Gasteiger partial charge in [-0.15, -0.1) is 0 Å². The fraction of sp³-hybridized carbons (Fsp3) is 0.474. The number of oxazole rings is 1. The van der Waals surface area contributed by atoms with Crippen molar-refractivity contribution in [2.75, 3.05) is 13.7 Å². The number of aliphatic hydroxyl groups is 1. The Morgan fingerprint density at radius 1 is 1.40 bits per heavy atom. The Labute approximate surface area is 146 Å². The van der Waals surface area contributed by atoms with Crippen LogP contribution < -0.4 is 4.74 Å². The summed E-state index contributed by atoms with van der Waals surface area (Å²) in [5, 5.41) is 10.1. The van der Waals surface area contributed by atoms with E-state index in [2.05, 4.69) is 4.98 Å². The molecular weight excluding hydrogens is 320 g/mol. The van der Waals surface area contributed by atoms with Crippen molar-refractivity contribution in [1.29, 1.82) is 0 Å². The van der Waals surface area contributed by atoms with Gasteiger partial charge in [0.2, 0.25) is 0 Å². The lowest BCUT2D eigenvalue weighted by Gasteiger charge is -2.24. The van der Waals surface area contributed by atoms with Gasteiger partial charge in [-0.05, 0) is 37.0 Å². The summed E-state index contributed by atoms with van der Waals surface area (Å²) >= 11 is 0. The number of rotatable bonds is 4. The maximum Gasteiger partial charge on any atom is 0.276 e. The van der Waals surface area contributed by atoms with E-state index in [0.29, 0.717) is 30.5 Å². The van der Waals surface area contributed by atoms with Crippen molar-refractivity contribution in [1.82, 2.24) is 9.88 Å². The Morgan fingerprint density at radius 2 is 2.24 bits per heavy atom. The molecule has 0 spiro atoms. The number of likely N-dealkylation sites (tertiary alicyclic amines) is 1. The van der Waals surface area contributed by atoms with Crippen molar-refractivity contribution >= 4 is 5.91 Å². The number of aromatic nitrogens is 1. The standard InChI is InChI=1S/C19H22N2O4/c1-24-15-7-3-6-13(8-15)17-9-14(22)10-21(17)19(23)16-11-25-18(20-16)12-4-2-5-12/h3,6-8,11-12,14,17,22H,2,4-5,9-10H2,1H3/t14-,17-/m1/s1. The molecule has 1 aliphatic heterocycles. The van der Waals surface area contributed by atoms with Crippen LogP contribution in [0.1, 0.15) is 59.6 Å². The minimum absolute atomic E-state index is 0.193. The van der Waals surface area contributed by atoms with Gasteiger partial charge in [0.1, 0.15) is 12.0 Å². The van der Waals surface area contributed by atoms with Crippen LogP contribution in [0.3, 0.4) is 0 Å². The summed E-state index contributed by atoms with van der Waals surface area (Å²) in [5.41, 5.74) is 1.27. The molecule has 2 heterocycles. The van der Waals surface area contributed by atoms with Crippen molar-refractivity contribution in [3.05, 3.63) is 47.7 Å². The van der Waals surface area contributed by atoms with Crippen LogP contribution in [-0.4, -0.2) is 40.7 Å². The van der Waals surface area contributed by atoms with Gasteiger partial charge in [0.25, 0.3) is 5.91 Å². The Balaban J connectivity index is 1.58. The molecule has 1 aliphatic carbocycles. The summed E-state index contributed by atoms with van der Waals surface area (Å²) in [7, 11) is 1.61. The lowest BCUT2D eigenvalue weighted by molar-refractivity contribution is 0.0709. The smallest absolute Gasteiger partial charge is 0.276 e. The topological polar surface area (TPSA) is 75.8 Å². The van der Waals surface area contributed by atoms with Crippen LogP contribution in [0.4, 0.5) is 0 Å². The molecule has 0 bridgehead atoms. The summed E-state index contributed by atoms with van der Waals surface area (Å²) in [4.78, 5) is 19.0. The number of nitrogens with zero attached hydrogens (tertiary/aromatic N) is 2. The highest BCUT2D eigenvalue weighted by atomic mass is 16.5. The summed E-state index contributed by atoms with van der Waals surface area (Å²) in [6, 6.07) is 7.43. The van der Waals surface area contributed by atoms with Gasteiger partial charge in [-0.25, -0.2) is 4.98 Å². The zero-order valence-corrected chi connectivity index (χ0v) is 14.2. The molecule has 0 radical (unpaired) electrons. The number of carbonyl (C=O) groups excluding carboxylic acids is 1. The van der Waals surface area contributed by atoms with Crippen molar-refractivity contribution in [3.8, 4) is 5.75 Å². The molecule has 1 saturated carbocycles. The van der Waals surface area contributed by atoms with Crippen molar-refractivity contribution in [2.45, 2.75) is 43.7 Å². The molecule has 2 aromatic rings. The lowest BCUT2D eigenvalue weighted by atomic mass is 9.85. The summed E-state index contributed by atoms with van der Waals surface area (Å²) in [6.45, 7) is 0.298. The predicted molar refractivity (Wildman–Crippen MR) is 90.5 cm³/mol. The minimum Gasteiger partial charge on any atom is -0.497 e. The highest BCUT2D eigenvalue weighted by Crippen LogP contribution is 2.37. The van der Waals surface area contributed by atoms with Crippen LogP contribution >= 0.6 is 0 Å². The molecule has 4 rings (SSSR count). The van der Waals surface area contributed by atoms with Crippen molar-refractivity contribution < 1.29 is 19.1 Å². The van der Waals surface area contributed by atoms with Crippen molar-refractivity contribution in [3.63, 3.8) is 0 Å². The van der Waals surface area contributed by atoms with Crippen molar-refractivity contribution in [2.24, 2.45) is 0 Å². The van der Waals surface area contributed by atoms with Crippen LogP contribution in [0.15, 0.2) is 34.9 Å². The molecule has 1 amide bonds. The first-order valence-electron chi connectivity index (χ1n) is 8.74. The van der Waals surface area contributed by atoms with E-state index in [1.165, 1.54) is 12.7 Å². The fourth-order valence-electron chi connectivity index (χ4n) is 3.58. The van der Waals surface area contributed by atoms with E-state index in [0.717, 1.165) is 24.2 Å². The van der Waals surface area contributed by atoms with E-state index in [9.17, 15) is 9.90 Å². The molecule has 2 atom stereocenters. The normalized spacial score (nSPS) is 23.5. The van der Waals surface area contributed by atoms with E-state index in [4.69, 9.17) is 9.15 Å². The number of carbonyl (C=O) groups is 1. The molecule has 2 aliphatic rings. The van der Waals surface area contributed by atoms with Gasteiger partial charge in [0, 0.05) is 12.5 Å². The quantitative estimate of drug-likeness (QED) is 0.924. The number of methoxy groups -OCH3 is 1. The van der Waals surface area contributed by atoms with Gasteiger partial charge in [-0.3, -0.25) is 4.79 Å². The molecule has 2 fully saturated rings. The molecule has 25 heavy (non-hydrogen) atoms. The average molecular weight is 342 g/mol. The van der Waals surface area contributed by atoms with E-state index >= 15 is 0 Å². The highest BCUT2D eigenvalue weighted by molar-refractivity contribution is 5.92. The first kappa shape index (κ1) is 16.1. The van der Waals surface area contributed by atoms with Crippen LogP contribution in [0.2, 0.25) is 0 Å². The monoisotopic (exact) mass is 342 g/mol. The SMILES string of the molecule is COc1cccc([C@H]2C[C@@H](O)CN2C(=O)c2coc(C3CCC3)n2)c1. The first-order chi connectivity index (χ1) is 12.2. The molecule has 6 nitrogen and oxygen atoms in total. The van der Waals surface area contributed by atoms with Gasteiger partial charge in [0.05, 0.1) is 19.3 Å². The number of benzene rings is 1. The molecule has 1 saturated heterocycles. The molecule has 6 heteroatoms. The third kappa shape index (κ3) is 3.02. The molecule has 132 valence electrons. The first-order valence-corrected chi connectivity index (χ1v) is 8.74. The van der Waals surface area contributed by atoms with E-state index < -0.39 is 6.10 Å². The molecule has 0 unspecified atom stereocenters. The number of ether oxygens (including phenoxy) is 1. The Kier molecular flexibility index (Phi) is 4.21. The highest BCUT2D eigenvalue weighted by Gasteiger charge is 2.37. The summed E-state index contributed by atoms with van der Waals surface area (Å²) in [5.74, 6) is 1.55. The third-order valence-corrected chi connectivity index (χ3v) is 5.21. The second kappa shape index (κ2) is 6.52. The number of β-amino-alcohol motifs (C(OH)–C–C–N with tert-alkyl or cyclic N) is 1. The number of aliphatic hydroxyl groups excluding tert-OH is 1. The van der Waals surface area contributed by atoms with Crippen LogP contribution in [-0.2, 0) is 0 Å². The van der Waals surface area contributed by atoms with Crippen LogP contribution in [0.25, 0.3) is 0 Å². The predicted octanol–water partition coefficient (Wildman–Crippen LogP) is 2.90.